The Labute approximate surface area is 172 Å². The normalized spacial score (nSPS) is 20.3. The van der Waals surface area contributed by atoms with Gasteiger partial charge in [0, 0.05) is 55.9 Å². The maximum atomic E-state index is 13.4. The zero-order valence-corrected chi connectivity index (χ0v) is 17.1. The Hall–Kier alpha value is -2.59. The van der Waals surface area contributed by atoms with Gasteiger partial charge in [-0.15, -0.1) is 0 Å². The quantitative estimate of drug-likeness (QED) is 0.669. The van der Waals surface area contributed by atoms with Crippen LogP contribution in [0.2, 0.25) is 0 Å². The number of nitrogens with zero attached hydrogens (tertiary/aromatic N) is 3. The van der Waals surface area contributed by atoms with Gasteiger partial charge in [-0.25, -0.2) is 0 Å². The molecule has 150 valence electrons. The van der Waals surface area contributed by atoms with E-state index in [0.717, 1.165) is 37.7 Å². The van der Waals surface area contributed by atoms with Crippen LogP contribution in [0.3, 0.4) is 0 Å². The molecule has 2 aliphatic rings. The molecule has 0 spiro atoms. The van der Waals surface area contributed by atoms with E-state index in [1.54, 1.807) is 0 Å². The van der Waals surface area contributed by atoms with Crippen molar-refractivity contribution >= 4 is 16.8 Å². The molecule has 4 nitrogen and oxygen atoms in total. The predicted octanol–water partition coefficient (Wildman–Crippen LogP) is 3.64. The number of amides is 1. The van der Waals surface area contributed by atoms with E-state index in [2.05, 4.69) is 82.2 Å². The number of para-hydroxylation sites is 1. The highest BCUT2D eigenvalue weighted by atomic mass is 16.2. The van der Waals surface area contributed by atoms with Crippen molar-refractivity contribution in [1.82, 2.24) is 14.4 Å². The minimum atomic E-state index is 0.259. The van der Waals surface area contributed by atoms with Crippen LogP contribution < -0.4 is 0 Å². The molecular formula is C25H29N3O. The second-order valence-electron chi connectivity index (χ2n) is 8.62. The number of fused-ring (bicyclic) bond motifs is 1. The number of aryl methyl sites for hydroxylation is 1. The Morgan fingerprint density at radius 3 is 2.55 bits per heavy atom. The van der Waals surface area contributed by atoms with E-state index >= 15 is 0 Å². The number of hydrogen-bond acceptors (Lipinski definition) is 2. The summed E-state index contributed by atoms with van der Waals surface area (Å²) in [5.41, 5.74) is 3.64. The first-order valence-electron chi connectivity index (χ1n) is 10.8. The van der Waals surface area contributed by atoms with Gasteiger partial charge in [-0.3, -0.25) is 9.69 Å². The third-order valence-corrected chi connectivity index (χ3v) is 6.53. The highest BCUT2D eigenvalue weighted by molar-refractivity contribution is 5.89. The van der Waals surface area contributed by atoms with E-state index in [4.69, 9.17) is 0 Å². The standard InChI is InChI=1S/C25H29N3O/c1-26-17-20(23-9-5-6-10-24(23)26)16-25(29)28-14-13-27(21-11-12-21)18-22(28)15-19-7-3-2-4-8-19/h2-10,17,21-22H,11-16,18H2,1H3. The Bertz CT molecular complexity index is 1010. The van der Waals surface area contributed by atoms with Crippen molar-refractivity contribution in [3.8, 4) is 0 Å². The first-order chi connectivity index (χ1) is 14.2. The van der Waals surface area contributed by atoms with Crippen molar-refractivity contribution in [3.05, 3.63) is 71.9 Å². The van der Waals surface area contributed by atoms with Crippen molar-refractivity contribution in [2.24, 2.45) is 7.05 Å². The fraction of sp³-hybridized carbons (Fsp3) is 0.400. The molecule has 1 unspecified atom stereocenters. The highest BCUT2D eigenvalue weighted by Gasteiger charge is 2.37. The molecule has 1 aliphatic heterocycles. The van der Waals surface area contributed by atoms with Crippen molar-refractivity contribution in [2.75, 3.05) is 19.6 Å². The van der Waals surface area contributed by atoms with Crippen LogP contribution >= 0.6 is 0 Å². The van der Waals surface area contributed by atoms with Crippen LogP contribution in [0.4, 0.5) is 0 Å². The number of carbonyl (C=O) groups excluding carboxylic acids is 1. The summed E-state index contributed by atoms with van der Waals surface area (Å²) in [6, 6.07) is 20.0. The van der Waals surface area contributed by atoms with Gasteiger partial charge in [0.15, 0.2) is 0 Å². The summed E-state index contributed by atoms with van der Waals surface area (Å²) in [4.78, 5) is 18.2. The zero-order chi connectivity index (χ0) is 19.8. The SMILES string of the molecule is Cn1cc(CC(=O)N2CCN(C3CC3)CC2Cc2ccccc2)c2ccccc21. The summed E-state index contributed by atoms with van der Waals surface area (Å²) in [5, 5.41) is 1.19. The molecule has 1 amide bonds. The Balaban J connectivity index is 1.37. The van der Waals surface area contributed by atoms with Crippen LogP contribution in [0.5, 0.6) is 0 Å². The third kappa shape index (κ3) is 3.82. The fourth-order valence-corrected chi connectivity index (χ4v) is 4.87. The molecule has 5 rings (SSSR count). The van der Waals surface area contributed by atoms with Gasteiger partial charge in [-0.05, 0) is 36.5 Å². The number of hydrogen-bond donors (Lipinski definition) is 0. The highest BCUT2D eigenvalue weighted by Crippen LogP contribution is 2.30. The summed E-state index contributed by atoms with van der Waals surface area (Å²) >= 11 is 0. The maximum absolute atomic E-state index is 13.4. The lowest BCUT2D eigenvalue weighted by Crippen LogP contribution is -2.56. The van der Waals surface area contributed by atoms with E-state index in [1.807, 2.05) is 0 Å². The van der Waals surface area contributed by atoms with Gasteiger partial charge in [0.1, 0.15) is 0 Å². The van der Waals surface area contributed by atoms with Crippen LogP contribution in [0.1, 0.15) is 24.0 Å². The second kappa shape index (κ2) is 7.68. The molecule has 1 aromatic heterocycles. The molecule has 4 heteroatoms. The van der Waals surface area contributed by atoms with Crippen molar-refractivity contribution in [2.45, 2.75) is 37.8 Å². The van der Waals surface area contributed by atoms with Gasteiger partial charge >= 0.3 is 0 Å². The largest absolute Gasteiger partial charge is 0.350 e. The number of carbonyl (C=O) groups is 1. The first-order valence-corrected chi connectivity index (χ1v) is 10.8. The van der Waals surface area contributed by atoms with Crippen LogP contribution in [0.15, 0.2) is 60.8 Å². The molecule has 2 heterocycles. The molecule has 0 N–H and O–H groups in total. The van der Waals surface area contributed by atoms with Gasteiger partial charge < -0.3 is 9.47 Å². The van der Waals surface area contributed by atoms with Crippen molar-refractivity contribution in [3.63, 3.8) is 0 Å². The molecule has 1 saturated carbocycles. The minimum Gasteiger partial charge on any atom is -0.350 e. The van der Waals surface area contributed by atoms with E-state index in [1.165, 1.54) is 29.3 Å². The average molecular weight is 388 g/mol. The van der Waals surface area contributed by atoms with Gasteiger partial charge in [0.25, 0.3) is 0 Å². The molecule has 1 aliphatic carbocycles. The fourth-order valence-electron chi connectivity index (χ4n) is 4.87. The number of piperazine rings is 1. The van der Waals surface area contributed by atoms with Crippen molar-refractivity contribution in [1.29, 1.82) is 0 Å². The number of rotatable bonds is 5. The zero-order valence-electron chi connectivity index (χ0n) is 17.1. The van der Waals surface area contributed by atoms with E-state index in [-0.39, 0.29) is 11.9 Å². The lowest BCUT2D eigenvalue weighted by molar-refractivity contribution is -0.135. The molecular weight excluding hydrogens is 358 g/mol. The average Bonchev–Trinajstić information content (AvgIpc) is 3.55. The molecule has 3 aromatic rings. The van der Waals surface area contributed by atoms with Gasteiger partial charge in [-0.1, -0.05) is 48.5 Å². The van der Waals surface area contributed by atoms with Crippen LogP contribution in [-0.4, -0.2) is 52.0 Å². The molecule has 29 heavy (non-hydrogen) atoms. The maximum Gasteiger partial charge on any atom is 0.227 e. The Kier molecular flexibility index (Phi) is 4.88. The van der Waals surface area contributed by atoms with Gasteiger partial charge in [0.05, 0.1) is 6.42 Å². The van der Waals surface area contributed by atoms with E-state index in [0.29, 0.717) is 6.42 Å². The summed E-state index contributed by atoms with van der Waals surface area (Å²) in [7, 11) is 2.06. The number of benzene rings is 2. The van der Waals surface area contributed by atoms with Crippen LogP contribution in [-0.2, 0) is 24.7 Å². The molecule has 1 saturated heterocycles. The molecule has 1 atom stereocenters. The van der Waals surface area contributed by atoms with Gasteiger partial charge in [-0.2, -0.15) is 0 Å². The monoisotopic (exact) mass is 387 g/mol. The third-order valence-electron chi connectivity index (χ3n) is 6.53. The lowest BCUT2D eigenvalue weighted by atomic mass is 10.0. The summed E-state index contributed by atoms with van der Waals surface area (Å²) in [5.74, 6) is 0.262. The Morgan fingerprint density at radius 2 is 1.76 bits per heavy atom. The number of aromatic nitrogens is 1. The molecule has 0 radical (unpaired) electrons. The van der Waals surface area contributed by atoms with E-state index < -0.39 is 0 Å². The van der Waals surface area contributed by atoms with Gasteiger partial charge in [0.2, 0.25) is 5.91 Å². The summed E-state index contributed by atoms with van der Waals surface area (Å²) in [6.07, 6.45) is 6.18. The molecule has 0 bridgehead atoms. The summed E-state index contributed by atoms with van der Waals surface area (Å²) in [6.45, 7) is 2.86. The second-order valence-corrected chi connectivity index (χ2v) is 8.62. The van der Waals surface area contributed by atoms with Crippen LogP contribution in [0, 0.1) is 0 Å². The van der Waals surface area contributed by atoms with Crippen LogP contribution in [0.25, 0.3) is 10.9 Å². The Morgan fingerprint density at radius 1 is 1.00 bits per heavy atom. The van der Waals surface area contributed by atoms with E-state index in [9.17, 15) is 4.79 Å². The summed E-state index contributed by atoms with van der Waals surface area (Å²) < 4.78 is 2.13. The molecule has 2 fully saturated rings. The van der Waals surface area contributed by atoms with Crippen molar-refractivity contribution < 1.29 is 4.79 Å². The lowest BCUT2D eigenvalue weighted by Gasteiger charge is -2.42. The smallest absolute Gasteiger partial charge is 0.227 e. The molecule has 2 aromatic carbocycles. The predicted molar refractivity (Wildman–Crippen MR) is 117 cm³/mol. The topological polar surface area (TPSA) is 28.5 Å². The first kappa shape index (κ1) is 18.4. The minimum absolute atomic E-state index is 0.259.